The molecule has 0 aliphatic rings. The number of rotatable bonds is 6. The van der Waals surface area contributed by atoms with E-state index in [2.05, 4.69) is 5.32 Å². The lowest BCUT2D eigenvalue weighted by molar-refractivity contribution is -0.135. The standard InChI is InChI=1S/C14H19ClN2O3S/c1-14(2,21-3)9-16-13(20)17(8-12(18)19)11-6-4-10(15)5-7-11/h4-7H,8-9H2,1-3H3,(H,16,20)(H,18,19). The van der Waals surface area contributed by atoms with Crippen LogP contribution in [-0.2, 0) is 4.79 Å². The fourth-order valence-corrected chi connectivity index (χ4v) is 1.84. The molecular formula is C14H19ClN2O3S. The van der Waals surface area contributed by atoms with Crippen LogP contribution in [0.15, 0.2) is 24.3 Å². The van der Waals surface area contributed by atoms with Gasteiger partial charge in [0.15, 0.2) is 0 Å². The average molecular weight is 331 g/mol. The molecule has 0 heterocycles. The Morgan fingerprint density at radius 3 is 2.38 bits per heavy atom. The van der Waals surface area contributed by atoms with Crippen LogP contribution in [0.25, 0.3) is 0 Å². The van der Waals surface area contributed by atoms with Gasteiger partial charge in [-0.05, 0) is 44.4 Å². The molecule has 7 heteroatoms. The quantitative estimate of drug-likeness (QED) is 0.841. The Balaban J connectivity index is 2.84. The van der Waals surface area contributed by atoms with E-state index in [1.807, 2.05) is 20.1 Å². The summed E-state index contributed by atoms with van der Waals surface area (Å²) in [5.41, 5.74) is 0.487. The van der Waals surface area contributed by atoms with Gasteiger partial charge in [0.2, 0.25) is 0 Å². The number of thioether (sulfide) groups is 1. The second kappa shape index (κ2) is 7.56. The summed E-state index contributed by atoms with van der Waals surface area (Å²) in [7, 11) is 0. The van der Waals surface area contributed by atoms with Gasteiger partial charge in [0.25, 0.3) is 0 Å². The summed E-state index contributed by atoms with van der Waals surface area (Å²) in [4.78, 5) is 24.4. The molecule has 0 aliphatic carbocycles. The van der Waals surface area contributed by atoms with Gasteiger partial charge in [-0.15, -0.1) is 0 Å². The van der Waals surface area contributed by atoms with Gasteiger partial charge in [-0.2, -0.15) is 11.8 Å². The molecule has 0 atom stereocenters. The van der Waals surface area contributed by atoms with Gasteiger partial charge >= 0.3 is 12.0 Å². The zero-order chi connectivity index (χ0) is 16.0. The Morgan fingerprint density at radius 1 is 1.33 bits per heavy atom. The van der Waals surface area contributed by atoms with E-state index in [1.165, 1.54) is 4.90 Å². The lowest BCUT2D eigenvalue weighted by Gasteiger charge is -2.26. The molecule has 21 heavy (non-hydrogen) atoms. The summed E-state index contributed by atoms with van der Waals surface area (Å²) >= 11 is 7.43. The van der Waals surface area contributed by atoms with Crippen LogP contribution in [-0.4, -0.2) is 41.2 Å². The third kappa shape index (κ3) is 5.85. The highest BCUT2D eigenvalue weighted by atomic mass is 35.5. The predicted octanol–water partition coefficient (Wildman–Crippen LogP) is 3.08. The minimum absolute atomic E-state index is 0.120. The normalized spacial score (nSPS) is 11.0. The molecule has 1 aromatic rings. The van der Waals surface area contributed by atoms with E-state index in [9.17, 15) is 9.59 Å². The number of carboxylic acids is 1. The number of nitrogens with zero attached hydrogens (tertiary/aromatic N) is 1. The van der Waals surface area contributed by atoms with Crippen LogP contribution in [0.4, 0.5) is 10.5 Å². The number of benzene rings is 1. The van der Waals surface area contributed by atoms with Crippen LogP contribution >= 0.6 is 23.4 Å². The highest BCUT2D eigenvalue weighted by molar-refractivity contribution is 7.99. The summed E-state index contributed by atoms with van der Waals surface area (Å²) in [6.45, 7) is 4.04. The number of anilines is 1. The number of carboxylic acid groups (broad SMARTS) is 1. The molecule has 0 spiro atoms. The summed E-state index contributed by atoms with van der Waals surface area (Å²) < 4.78 is -0.120. The maximum absolute atomic E-state index is 12.2. The third-order valence-electron chi connectivity index (χ3n) is 2.89. The van der Waals surface area contributed by atoms with Gasteiger partial charge in [0.05, 0.1) is 0 Å². The van der Waals surface area contributed by atoms with Gasteiger partial charge in [-0.3, -0.25) is 9.69 Å². The Bertz CT molecular complexity index is 505. The number of nitrogens with one attached hydrogen (secondary N) is 1. The SMILES string of the molecule is CSC(C)(C)CNC(=O)N(CC(=O)O)c1ccc(Cl)cc1. The molecule has 5 nitrogen and oxygen atoms in total. The fourth-order valence-electron chi connectivity index (χ4n) is 1.49. The highest BCUT2D eigenvalue weighted by Crippen LogP contribution is 2.21. The fraction of sp³-hybridized carbons (Fsp3) is 0.429. The van der Waals surface area contributed by atoms with Crippen molar-refractivity contribution in [2.75, 3.05) is 24.2 Å². The molecule has 0 bridgehead atoms. The van der Waals surface area contributed by atoms with Crippen molar-refractivity contribution in [1.29, 1.82) is 0 Å². The number of amides is 2. The van der Waals surface area contributed by atoms with Crippen LogP contribution in [0.1, 0.15) is 13.8 Å². The van der Waals surface area contributed by atoms with E-state index in [-0.39, 0.29) is 4.75 Å². The lowest BCUT2D eigenvalue weighted by Crippen LogP contribution is -2.46. The van der Waals surface area contributed by atoms with E-state index in [0.29, 0.717) is 17.3 Å². The van der Waals surface area contributed by atoms with Crippen LogP contribution < -0.4 is 10.2 Å². The second-order valence-corrected chi connectivity index (χ2v) is 7.03. The number of hydrogen-bond donors (Lipinski definition) is 2. The molecule has 116 valence electrons. The van der Waals surface area contributed by atoms with Crippen molar-refractivity contribution in [2.24, 2.45) is 0 Å². The van der Waals surface area contributed by atoms with Gasteiger partial charge in [-0.25, -0.2) is 4.79 Å². The predicted molar refractivity (Wildman–Crippen MR) is 87.4 cm³/mol. The first-order valence-corrected chi connectivity index (χ1v) is 7.93. The number of hydrogen-bond acceptors (Lipinski definition) is 3. The van der Waals surface area contributed by atoms with E-state index < -0.39 is 18.5 Å². The van der Waals surface area contributed by atoms with Crippen molar-refractivity contribution < 1.29 is 14.7 Å². The second-order valence-electron chi connectivity index (χ2n) is 5.08. The molecule has 1 rings (SSSR count). The van der Waals surface area contributed by atoms with Crippen LogP contribution in [0, 0.1) is 0 Å². The summed E-state index contributed by atoms with van der Waals surface area (Å²) in [6.07, 6.45) is 1.96. The van der Waals surface area contributed by atoms with E-state index in [0.717, 1.165) is 0 Å². The maximum atomic E-state index is 12.2. The molecule has 0 aliphatic heterocycles. The van der Waals surface area contributed by atoms with Gasteiger partial charge in [0.1, 0.15) is 6.54 Å². The first kappa shape index (κ1) is 17.7. The summed E-state index contributed by atoms with van der Waals surface area (Å²) in [6, 6.07) is 6.02. The third-order valence-corrected chi connectivity index (χ3v) is 4.40. The maximum Gasteiger partial charge on any atom is 0.323 e. The van der Waals surface area contributed by atoms with Crippen molar-refractivity contribution in [3.8, 4) is 0 Å². The molecule has 0 saturated carbocycles. The molecule has 2 amide bonds. The molecule has 0 saturated heterocycles. The summed E-state index contributed by atoms with van der Waals surface area (Å²) in [5.74, 6) is -1.08. The van der Waals surface area contributed by atoms with Gasteiger partial charge < -0.3 is 10.4 Å². The highest BCUT2D eigenvalue weighted by Gasteiger charge is 2.22. The topological polar surface area (TPSA) is 69.6 Å². The number of urea groups is 1. The van der Waals surface area contributed by atoms with Crippen molar-refractivity contribution in [1.82, 2.24) is 5.32 Å². The van der Waals surface area contributed by atoms with Crippen molar-refractivity contribution in [2.45, 2.75) is 18.6 Å². The monoisotopic (exact) mass is 330 g/mol. The molecule has 1 aromatic carbocycles. The molecule has 2 N–H and O–H groups in total. The average Bonchev–Trinajstić information content (AvgIpc) is 2.43. The van der Waals surface area contributed by atoms with Crippen molar-refractivity contribution in [3.05, 3.63) is 29.3 Å². The zero-order valence-electron chi connectivity index (χ0n) is 12.2. The molecule has 0 fully saturated rings. The Labute approximate surface area is 133 Å². The zero-order valence-corrected chi connectivity index (χ0v) is 13.8. The van der Waals surface area contributed by atoms with Crippen molar-refractivity contribution >= 4 is 41.1 Å². The Kier molecular flexibility index (Phi) is 6.36. The lowest BCUT2D eigenvalue weighted by atomic mass is 10.2. The summed E-state index contributed by atoms with van der Waals surface area (Å²) in [5, 5.41) is 12.3. The Morgan fingerprint density at radius 2 is 1.90 bits per heavy atom. The van der Waals surface area contributed by atoms with Crippen molar-refractivity contribution in [3.63, 3.8) is 0 Å². The van der Waals surface area contributed by atoms with E-state index in [4.69, 9.17) is 16.7 Å². The van der Waals surface area contributed by atoms with E-state index >= 15 is 0 Å². The first-order chi connectivity index (χ1) is 9.75. The van der Waals surface area contributed by atoms with Crippen LogP contribution in [0.2, 0.25) is 5.02 Å². The molecule has 0 aromatic heterocycles. The van der Waals surface area contributed by atoms with Crippen LogP contribution in [0.3, 0.4) is 0 Å². The minimum atomic E-state index is -1.08. The molecule has 0 radical (unpaired) electrons. The van der Waals surface area contributed by atoms with Crippen LogP contribution in [0.5, 0.6) is 0 Å². The number of carbonyl (C=O) groups is 2. The van der Waals surface area contributed by atoms with Gasteiger partial charge in [0, 0.05) is 22.0 Å². The van der Waals surface area contributed by atoms with E-state index in [1.54, 1.807) is 36.0 Å². The first-order valence-electron chi connectivity index (χ1n) is 6.33. The number of halogens is 1. The number of aliphatic carboxylic acids is 1. The largest absolute Gasteiger partial charge is 0.480 e. The smallest absolute Gasteiger partial charge is 0.323 e. The van der Waals surface area contributed by atoms with Gasteiger partial charge in [-0.1, -0.05) is 11.6 Å². The number of carbonyl (C=O) groups excluding carboxylic acids is 1. The molecular weight excluding hydrogens is 312 g/mol. The minimum Gasteiger partial charge on any atom is -0.480 e. The Hall–Kier alpha value is -1.40. The molecule has 0 unspecified atom stereocenters.